The lowest BCUT2D eigenvalue weighted by Gasteiger charge is -2.27. The van der Waals surface area contributed by atoms with Gasteiger partial charge in [0.1, 0.15) is 17.7 Å². The highest BCUT2D eigenvalue weighted by molar-refractivity contribution is 5.82. The van der Waals surface area contributed by atoms with E-state index in [9.17, 15) is 9.18 Å². The normalized spacial score (nSPS) is 13.1. The summed E-state index contributed by atoms with van der Waals surface area (Å²) in [5.41, 5.74) is 3.92. The lowest BCUT2D eigenvalue weighted by atomic mass is 10.00. The summed E-state index contributed by atoms with van der Waals surface area (Å²) < 4.78 is 21.5. The number of carbonyl (C=O) groups excluding carboxylic acids is 1. The molecule has 34 heavy (non-hydrogen) atoms. The molecule has 2 atom stereocenters. The Morgan fingerprint density at radius 2 is 1.74 bits per heavy atom. The molecule has 0 aliphatic carbocycles. The first-order valence-electron chi connectivity index (χ1n) is 11.6. The van der Waals surface area contributed by atoms with Crippen LogP contribution in [0.4, 0.5) is 4.39 Å². The third kappa shape index (κ3) is 5.11. The number of fused-ring (bicyclic) bond motifs is 1. The number of amides is 1. The van der Waals surface area contributed by atoms with E-state index < -0.39 is 0 Å². The first-order chi connectivity index (χ1) is 16.4. The predicted molar refractivity (Wildman–Crippen MR) is 133 cm³/mol. The third-order valence-electron chi connectivity index (χ3n) is 5.94. The monoisotopic (exact) mass is 459 g/mol. The van der Waals surface area contributed by atoms with E-state index in [0.29, 0.717) is 5.75 Å². The van der Waals surface area contributed by atoms with Gasteiger partial charge in [0.05, 0.1) is 23.4 Å². The Morgan fingerprint density at radius 1 is 1.03 bits per heavy atom. The maximum absolute atomic E-state index is 13.3. The van der Waals surface area contributed by atoms with E-state index in [2.05, 4.69) is 41.6 Å². The number of carbonyl (C=O) groups is 1. The molecule has 4 rings (SSSR count). The van der Waals surface area contributed by atoms with Crippen molar-refractivity contribution < 1.29 is 13.9 Å². The summed E-state index contributed by atoms with van der Waals surface area (Å²) in [6.07, 6.45) is 2.36. The average Bonchev–Trinajstić information content (AvgIpc) is 3.26. The Balaban J connectivity index is 1.63. The van der Waals surface area contributed by atoms with E-state index in [4.69, 9.17) is 4.74 Å². The van der Waals surface area contributed by atoms with Crippen LogP contribution >= 0.6 is 0 Å². The van der Waals surface area contributed by atoms with Crippen LogP contribution in [0.25, 0.3) is 16.6 Å². The van der Waals surface area contributed by atoms with E-state index in [1.165, 1.54) is 17.7 Å². The van der Waals surface area contributed by atoms with Crippen molar-refractivity contribution in [3.05, 3.63) is 89.9 Å². The second-order valence-corrected chi connectivity index (χ2v) is 8.84. The number of nitrogens with zero attached hydrogens (tertiary/aromatic N) is 2. The van der Waals surface area contributed by atoms with Crippen molar-refractivity contribution in [3.8, 4) is 11.4 Å². The molecule has 0 unspecified atom stereocenters. The third-order valence-corrected chi connectivity index (χ3v) is 5.94. The molecule has 1 N–H and O–H groups in total. The first-order valence-corrected chi connectivity index (χ1v) is 11.6. The Hall–Kier alpha value is -3.67. The van der Waals surface area contributed by atoms with Gasteiger partial charge in [0, 0.05) is 11.3 Å². The Bertz CT molecular complexity index is 1260. The lowest BCUT2D eigenvalue weighted by molar-refractivity contribution is -0.125. The van der Waals surface area contributed by atoms with Crippen LogP contribution in [0.1, 0.15) is 44.9 Å². The van der Waals surface area contributed by atoms with Gasteiger partial charge in [-0.2, -0.15) is 5.10 Å². The first kappa shape index (κ1) is 23.5. The molecule has 1 aromatic heterocycles. The van der Waals surface area contributed by atoms with Gasteiger partial charge in [0.15, 0.2) is 0 Å². The second-order valence-electron chi connectivity index (χ2n) is 8.84. The molecular formula is C28H30FN3O2. The van der Waals surface area contributed by atoms with Crippen LogP contribution in [-0.2, 0) is 11.2 Å². The molecule has 1 heterocycles. The van der Waals surface area contributed by atoms with Gasteiger partial charge in [0.2, 0.25) is 5.91 Å². The minimum Gasteiger partial charge on any atom is -0.484 e. The van der Waals surface area contributed by atoms with E-state index in [0.717, 1.165) is 28.6 Å². The van der Waals surface area contributed by atoms with Crippen LogP contribution < -0.4 is 10.1 Å². The van der Waals surface area contributed by atoms with Crippen molar-refractivity contribution in [1.82, 2.24) is 15.1 Å². The number of aromatic nitrogens is 2. The number of ether oxygens (including phenoxy) is 1. The number of benzene rings is 3. The number of aryl methyl sites for hydroxylation is 1. The summed E-state index contributed by atoms with van der Waals surface area (Å²) in [4.78, 5) is 12.4. The minimum atomic E-state index is -0.363. The highest BCUT2D eigenvalue weighted by Gasteiger charge is 2.24. The zero-order chi connectivity index (χ0) is 24.2. The summed E-state index contributed by atoms with van der Waals surface area (Å²) in [5.74, 6) is 0.274. The van der Waals surface area contributed by atoms with Gasteiger partial charge >= 0.3 is 0 Å². The van der Waals surface area contributed by atoms with Crippen LogP contribution in [0, 0.1) is 11.7 Å². The number of hydrogen-bond donors (Lipinski definition) is 1. The molecule has 6 heteroatoms. The highest BCUT2D eigenvalue weighted by atomic mass is 19.1. The lowest BCUT2D eigenvalue weighted by Crippen LogP contribution is -2.41. The van der Waals surface area contributed by atoms with Crippen molar-refractivity contribution in [1.29, 1.82) is 0 Å². The summed E-state index contributed by atoms with van der Waals surface area (Å²) in [6, 6.07) is 20.1. The van der Waals surface area contributed by atoms with E-state index >= 15 is 0 Å². The van der Waals surface area contributed by atoms with Gasteiger partial charge in [-0.05, 0) is 66.9 Å². The van der Waals surface area contributed by atoms with Gasteiger partial charge < -0.3 is 10.1 Å². The maximum atomic E-state index is 13.3. The molecule has 4 aromatic rings. The van der Waals surface area contributed by atoms with Crippen LogP contribution in [0.2, 0.25) is 0 Å². The molecule has 0 aliphatic rings. The molecule has 1 amide bonds. The molecule has 0 fully saturated rings. The van der Waals surface area contributed by atoms with Gasteiger partial charge in [-0.3, -0.25) is 4.79 Å². The topological polar surface area (TPSA) is 56.1 Å². The number of nitrogens with one attached hydrogen (secondary N) is 1. The Labute approximate surface area is 199 Å². The average molecular weight is 460 g/mol. The number of halogens is 1. The van der Waals surface area contributed by atoms with Gasteiger partial charge in [-0.25, -0.2) is 9.07 Å². The van der Waals surface area contributed by atoms with E-state index in [-0.39, 0.29) is 29.8 Å². The molecular weight excluding hydrogens is 429 g/mol. The van der Waals surface area contributed by atoms with E-state index in [1.54, 1.807) is 23.0 Å². The SMILES string of the molecule is CCc1ccc([C@H](Oc2ccc3c(cnn3-c3ccc(F)cc3)c2)[C@H](C)NC(=O)C(C)C)cc1. The molecule has 3 aromatic carbocycles. The van der Waals surface area contributed by atoms with Crippen LogP contribution in [0.15, 0.2) is 72.9 Å². The summed E-state index contributed by atoms with van der Waals surface area (Å²) in [7, 11) is 0. The molecule has 0 bridgehead atoms. The van der Waals surface area contributed by atoms with Gasteiger partial charge in [0.25, 0.3) is 0 Å². The smallest absolute Gasteiger partial charge is 0.222 e. The summed E-state index contributed by atoms with van der Waals surface area (Å²) >= 11 is 0. The standard InChI is InChI=1S/C28H30FN3O2/c1-5-20-6-8-21(9-7-20)27(19(4)31-28(33)18(2)3)34-25-14-15-26-22(16-25)17-30-32(26)24-12-10-23(29)11-13-24/h6-19,27H,5H2,1-4H3,(H,31,33)/t19-,27+/m0/s1. The molecule has 0 saturated carbocycles. The quantitative estimate of drug-likeness (QED) is 0.351. The molecule has 0 spiro atoms. The molecule has 0 saturated heterocycles. The zero-order valence-corrected chi connectivity index (χ0v) is 20.0. The fraction of sp³-hybridized carbons (Fsp3) is 0.286. The molecule has 5 nitrogen and oxygen atoms in total. The maximum Gasteiger partial charge on any atom is 0.222 e. The fourth-order valence-corrected chi connectivity index (χ4v) is 3.89. The highest BCUT2D eigenvalue weighted by Crippen LogP contribution is 2.29. The number of rotatable bonds is 8. The fourth-order valence-electron chi connectivity index (χ4n) is 3.89. The molecule has 0 radical (unpaired) electrons. The van der Waals surface area contributed by atoms with Crippen LogP contribution in [-0.4, -0.2) is 21.7 Å². The largest absolute Gasteiger partial charge is 0.484 e. The van der Waals surface area contributed by atoms with Crippen LogP contribution in [0.5, 0.6) is 5.75 Å². The van der Waals surface area contributed by atoms with Crippen molar-refractivity contribution in [2.24, 2.45) is 5.92 Å². The Morgan fingerprint density at radius 3 is 2.38 bits per heavy atom. The predicted octanol–water partition coefficient (Wildman–Crippen LogP) is 6.01. The van der Waals surface area contributed by atoms with Crippen LogP contribution in [0.3, 0.4) is 0 Å². The van der Waals surface area contributed by atoms with Crippen molar-refractivity contribution >= 4 is 16.8 Å². The Kier molecular flexibility index (Phi) is 6.96. The van der Waals surface area contributed by atoms with Crippen molar-refractivity contribution in [2.45, 2.75) is 46.3 Å². The van der Waals surface area contributed by atoms with Gasteiger partial charge in [-0.15, -0.1) is 0 Å². The van der Waals surface area contributed by atoms with Gasteiger partial charge in [-0.1, -0.05) is 45.0 Å². The molecule has 0 aliphatic heterocycles. The second kappa shape index (κ2) is 10.1. The molecule has 176 valence electrons. The minimum absolute atomic E-state index is 0.0118. The van der Waals surface area contributed by atoms with Crippen molar-refractivity contribution in [2.75, 3.05) is 0 Å². The summed E-state index contributed by atoms with van der Waals surface area (Å²) in [5, 5.41) is 8.45. The number of hydrogen-bond acceptors (Lipinski definition) is 3. The van der Waals surface area contributed by atoms with Crippen molar-refractivity contribution in [3.63, 3.8) is 0 Å². The zero-order valence-electron chi connectivity index (χ0n) is 20.0. The van der Waals surface area contributed by atoms with E-state index in [1.807, 2.05) is 39.0 Å². The summed E-state index contributed by atoms with van der Waals surface area (Å²) in [6.45, 7) is 7.83.